The molecule has 0 radical (unpaired) electrons. The van der Waals surface area contributed by atoms with Gasteiger partial charge in [-0.1, -0.05) is 23.7 Å². The number of halogens is 1. The van der Waals surface area contributed by atoms with Crippen LogP contribution in [-0.4, -0.2) is 29.0 Å². The second kappa shape index (κ2) is 6.82. The van der Waals surface area contributed by atoms with E-state index < -0.39 is 5.91 Å². The Morgan fingerprint density at radius 2 is 2.09 bits per heavy atom. The zero-order valence-corrected chi connectivity index (χ0v) is 12.4. The predicted molar refractivity (Wildman–Crippen MR) is 83.8 cm³/mol. The number of rotatable bonds is 4. The van der Waals surface area contributed by atoms with Crippen molar-refractivity contribution in [2.75, 3.05) is 7.05 Å². The Hall–Kier alpha value is -2.73. The van der Waals surface area contributed by atoms with Crippen LogP contribution in [-0.2, 0) is 0 Å². The summed E-state index contributed by atoms with van der Waals surface area (Å²) in [6.07, 6.45) is 1.42. The maximum Gasteiger partial charge on any atom is 0.271 e. The average Bonchev–Trinajstić information content (AvgIpc) is 2.50. The number of hydrazone groups is 1. The van der Waals surface area contributed by atoms with Gasteiger partial charge in [-0.15, -0.1) is 0 Å². The Labute approximate surface area is 131 Å². The molecule has 0 aliphatic carbocycles. The quantitative estimate of drug-likeness (QED) is 0.516. The van der Waals surface area contributed by atoms with E-state index in [1.807, 2.05) is 0 Å². The molecule has 7 heteroatoms. The lowest BCUT2D eigenvalue weighted by atomic mass is 10.2. The molecule has 0 aliphatic rings. The third kappa shape index (κ3) is 3.89. The first-order valence-corrected chi connectivity index (χ1v) is 6.68. The van der Waals surface area contributed by atoms with Crippen LogP contribution in [0.5, 0.6) is 5.75 Å². The smallest absolute Gasteiger partial charge is 0.271 e. The van der Waals surface area contributed by atoms with Gasteiger partial charge in [-0.2, -0.15) is 5.10 Å². The van der Waals surface area contributed by atoms with Crippen molar-refractivity contribution in [3.8, 4) is 5.75 Å². The van der Waals surface area contributed by atoms with Crippen LogP contribution in [0, 0.1) is 4.91 Å². The Balaban J connectivity index is 2.05. The van der Waals surface area contributed by atoms with Crippen molar-refractivity contribution in [2.24, 2.45) is 5.10 Å². The molecule has 0 bridgehead atoms. The fourth-order valence-corrected chi connectivity index (χ4v) is 1.86. The normalized spacial score (nSPS) is 10.6. The molecular formula is C15H13ClN3O3+. The molecule has 0 saturated heterocycles. The number of hydrogen-bond donors (Lipinski definition) is 2. The Kier molecular flexibility index (Phi) is 4.85. The van der Waals surface area contributed by atoms with Gasteiger partial charge >= 0.3 is 0 Å². The fraction of sp³-hybridized carbons (Fsp3) is 0.0667. The number of carbonyl (C=O) groups is 1. The predicted octanol–water partition coefficient (Wildman–Crippen LogP) is 2.85. The molecule has 2 aromatic carbocycles. The molecule has 22 heavy (non-hydrogen) atoms. The number of nitroso groups, excluding NO2 is 1. The number of amides is 1. The van der Waals surface area contributed by atoms with E-state index in [1.165, 1.54) is 31.5 Å². The summed E-state index contributed by atoms with van der Waals surface area (Å²) in [5.41, 5.74) is 3.77. The van der Waals surface area contributed by atoms with E-state index in [1.54, 1.807) is 24.3 Å². The second-order valence-corrected chi connectivity index (χ2v) is 4.86. The van der Waals surface area contributed by atoms with E-state index in [0.29, 0.717) is 11.3 Å². The molecule has 0 fully saturated rings. The zero-order chi connectivity index (χ0) is 16.1. The number of benzene rings is 2. The molecule has 2 rings (SSSR count). The van der Waals surface area contributed by atoms with Gasteiger partial charge in [-0.05, 0) is 18.2 Å². The van der Waals surface area contributed by atoms with Crippen LogP contribution in [0.3, 0.4) is 0 Å². The van der Waals surface area contributed by atoms with Crippen molar-refractivity contribution in [1.29, 1.82) is 0 Å². The van der Waals surface area contributed by atoms with Crippen LogP contribution < -0.4 is 5.43 Å². The monoisotopic (exact) mass is 318 g/mol. The molecular weight excluding hydrogens is 306 g/mol. The van der Waals surface area contributed by atoms with Gasteiger partial charge in [0.2, 0.25) is 0 Å². The number of hydrogen-bond acceptors (Lipinski definition) is 4. The lowest BCUT2D eigenvalue weighted by Gasteiger charge is -2.01. The van der Waals surface area contributed by atoms with Gasteiger partial charge in [-0.3, -0.25) is 4.79 Å². The first-order chi connectivity index (χ1) is 10.5. The number of nitrogens with one attached hydrogen (secondary N) is 1. The van der Waals surface area contributed by atoms with Gasteiger partial charge in [0.25, 0.3) is 11.6 Å². The molecule has 0 spiro atoms. The summed E-state index contributed by atoms with van der Waals surface area (Å²) in [5, 5.41) is 13.2. The van der Waals surface area contributed by atoms with E-state index in [-0.39, 0.29) is 16.3 Å². The number of phenolic OH excluding ortho intramolecular Hbond substituents is 1. The van der Waals surface area contributed by atoms with Gasteiger partial charge in [-0.25, -0.2) is 5.43 Å². The van der Waals surface area contributed by atoms with E-state index in [2.05, 4.69) is 10.5 Å². The van der Waals surface area contributed by atoms with Gasteiger partial charge in [0.05, 0.1) is 11.2 Å². The highest BCUT2D eigenvalue weighted by Gasteiger charge is 2.08. The fourth-order valence-electron chi connectivity index (χ4n) is 1.68. The van der Waals surface area contributed by atoms with Crippen LogP contribution in [0.25, 0.3) is 0 Å². The van der Waals surface area contributed by atoms with Gasteiger partial charge in [0, 0.05) is 32.9 Å². The summed E-state index contributed by atoms with van der Waals surface area (Å²) >= 11 is 5.73. The third-order valence-electron chi connectivity index (χ3n) is 2.82. The molecule has 1 amide bonds. The van der Waals surface area contributed by atoms with Crippen molar-refractivity contribution >= 4 is 29.4 Å². The molecule has 0 unspecified atom stereocenters. The van der Waals surface area contributed by atoms with Crippen molar-refractivity contribution in [2.45, 2.75) is 0 Å². The summed E-state index contributed by atoms with van der Waals surface area (Å²) in [6, 6.07) is 10.9. The Morgan fingerprint density at radius 3 is 2.77 bits per heavy atom. The Bertz CT molecular complexity index is 759. The summed E-state index contributed by atoms with van der Waals surface area (Å²) in [7, 11) is 1.40. The van der Waals surface area contributed by atoms with Crippen LogP contribution in [0.2, 0.25) is 5.02 Å². The van der Waals surface area contributed by atoms with E-state index in [0.717, 1.165) is 4.76 Å². The maximum absolute atomic E-state index is 11.9. The number of aromatic hydroxyl groups is 1. The lowest BCUT2D eigenvalue weighted by molar-refractivity contribution is -0.428. The van der Waals surface area contributed by atoms with Crippen LogP contribution in [0.1, 0.15) is 15.9 Å². The summed E-state index contributed by atoms with van der Waals surface area (Å²) in [6.45, 7) is 0. The topological polar surface area (TPSA) is 81.8 Å². The van der Waals surface area contributed by atoms with Gasteiger partial charge in [0.15, 0.2) is 7.05 Å². The average molecular weight is 319 g/mol. The minimum absolute atomic E-state index is 0.0859. The third-order valence-corrected chi connectivity index (χ3v) is 3.13. The molecule has 2 aromatic rings. The van der Waals surface area contributed by atoms with Crippen LogP contribution in [0.15, 0.2) is 47.6 Å². The Morgan fingerprint density at radius 1 is 1.32 bits per heavy atom. The molecule has 2 N–H and O–H groups in total. The van der Waals surface area contributed by atoms with Gasteiger partial charge in [0.1, 0.15) is 5.75 Å². The number of nitrogens with zero attached hydrogens (tertiary/aromatic N) is 2. The van der Waals surface area contributed by atoms with Crippen LogP contribution in [0.4, 0.5) is 5.69 Å². The summed E-state index contributed by atoms with van der Waals surface area (Å²) < 4.78 is 0.731. The van der Waals surface area contributed by atoms with Crippen molar-refractivity contribution in [1.82, 2.24) is 5.43 Å². The molecule has 0 aromatic heterocycles. The number of carbonyl (C=O) groups excluding carboxylic acids is 1. The molecule has 0 atom stereocenters. The number of phenols is 1. The van der Waals surface area contributed by atoms with Gasteiger partial charge < -0.3 is 5.11 Å². The highest BCUT2D eigenvalue weighted by atomic mass is 35.5. The second-order valence-electron chi connectivity index (χ2n) is 4.46. The van der Waals surface area contributed by atoms with Crippen molar-refractivity contribution in [3.05, 3.63) is 63.5 Å². The largest absolute Gasteiger partial charge is 0.506 e. The lowest BCUT2D eigenvalue weighted by Crippen LogP contribution is -2.17. The van der Waals surface area contributed by atoms with E-state index >= 15 is 0 Å². The molecule has 6 nitrogen and oxygen atoms in total. The molecule has 0 heterocycles. The first-order valence-electron chi connectivity index (χ1n) is 6.30. The standard InChI is InChI=1S/C15H12ClN3O3/c1-19(22)12-4-2-3-10(7-12)9-17-18-15(21)11-5-6-14(20)13(16)8-11/h2-9H,1H3,(H-,18,20,21)/p+1/b17-9+. The molecule has 0 saturated carbocycles. The van der Waals surface area contributed by atoms with E-state index in [9.17, 15) is 14.8 Å². The van der Waals surface area contributed by atoms with E-state index in [4.69, 9.17) is 11.6 Å². The van der Waals surface area contributed by atoms with Crippen molar-refractivity contribution < 1.29 is 14.7 Å². The first kappa shape index (κ1) is 15.7. The zero-order valence-electron chi connectivity index (χ0n) is 11.7. The summed E-state index contributed by atoms with van der Waals surface area (Å²) in [4.78, 5) is 23.0. The van der Waals surface area contributed by atoms with Crippen molar-refractivity contribution in [3.63, 3.8) is 0 Å². The minimum atomic E-state index is -0.463. The molecule has 112 valence electrons. The highest BCUT2D eigenvalue weighted by molar-refractivity contribution is 6.32. The summed E-state index contributed by atoms with van der Waals surface area (Å²) in [5.74, 6) is -0.560. The SMILES string of the molecule is C[N+](=O)c1cccc(/C=N/NC(=O)c2ccc(O)c(Cl)c2)c1. The highest BCUT2D eigenvalue weighted by Crippen LogP contribution is 2.23. The maximum atomic E-state index is 11.9. The minimum Gasteiger partial charge on any atom is -0.506 e. The van der Waals surface area contributed by atoms with Crippen LogP contribution >= 0.6 is 11.6 Å². The molecule has 0 aliphatic heterocycles.